The summed E-state index contributed by atoms with van der Waals surface area (Å²) >= 11 is 0. The highest BCUT2D eigenvalue weighted by molar-refractivity contribution is 6.12. The molecular formula is C31H18N2O. The number of nitrogens with zero attached hydrogens (tertiary/aromatic N) is 2. The van der Waals surface area contributed by atoms with Crippen LogP contribution >= 0.6 is 0 Å². The van der Waals surface area contributed by atoms with Crippen molar-refractivity contribution >= 4 is 43.7 Å². The Labute approximate surface area is 195 Å². The summed E-state index contributed by atoms with van der Waals surface area (Å²) in [5, 5.41) is 14.7. The second kappa shape index (κ2) is 7.10. The first-order valence-electron chi connectivity index (χ1n) is 11.3. The highest BCUT2D eigenvalue weighted by atomic mass is 16.3. The van der Waals surface area contributed by atoms with Gasteiger partial charge in [-0.3, -0.25) is 0 Å². The lowest BCUT2D eigenvalue weighted by atomic mass is 9.96. The second-order valence-electron chi connectivity index (χ2n) is 8.46. The maximum Gasteiger partial charge on any atom is 0.143 e. The van der Waals surface area contributed by atoms with Gasteiger partial charge in [0, 0.05) is 32.7 Å². The van der Waals surface area contributed by atoms with E-state index >= 15 is 0 Å². The zero-order valence-corrected chi connectivity index (χ0v) is 18.2. The minimum absolute atomic E-state index is 0.618. The van der Waals surface area contributed by atoms with E-state index < -0.39 is 0 Å². The van der Waals surface area contributed by atoms with Gasteiger partial charge in [-0.1, -0.05) is 78.9 Å². The van der Waals surface area contributed by atoms with Crippen LogP contribution < -0.4 is 0 Å². The SMILES string of the molecule is N#Cc1cccc(-n2c3ccccc3c3ccccc32)c1-c1cccc2c1oc1ccccc12. The van der Waals surface area contributed by atoms with Crippen LogP contribution in [0, 0.1) is 11.3 Å². The van der Waals surface area contributed by atoms with Crippen molar-refractivity contribution in [3.05, 3.63) is 115 Å². The van der Waals surface area contributed by atoms with Gasteiger partial charge in [-0.25, -0.2) is 0 Å². The van der Waals surface area contributed by atoms with Crippen LogP contribution in [0.25, 0.3) is 60.6 Å². The molecule has 0 saturated heterocycles. The van der Waals surface area contributed by atoms with Crippen molar-refractivity contribution in [1.82, 2.24) is 4.57 Å². The molecule has 2 aromatic heterocycles. The Hall–Kier alpha value is -4.81. The molecule has 0 aliphatic heterocycles. The highest BCUT2D eigenvalue weighted by Crippen LogP contribution is 2.41. The fourth-order valence-electron chi connectivity index (χ4n) is 5.23. The minimum Gasteiger partial charge on any atom is -0.455 e. The van der Waals surface area contributed by atoms with Gasteiger partial charge in [0.05, 0.1) is 28.4 Å². The molecule has 0 atom stereocenters. The number of aromatic nitrogens is 1. The van der Waals surface area contributed by atoms with Crippen LogP contribution in [0.2, 0.25) is 0 Å². The number of benzene rings is 5. The number of furan rings is 1. The van der Waals surface area contributed by atoms with Gasteiger partial charge >= 0.3 is 0 Å². The molecule has 0 N–H and O–H groups in total. The molecular weight excluding hydrogens is 416 g/mol. The minimum atomic E-state index is 0.618. The van der Waals surface area contributed by atoms with Gasteiger partial charge < -0.3 is 8.98 Å². The zero-order chi connectivity index (χ0) is 22.6. The summed E-state index contributed by atoms with van der Waals surface area (Å²) in [6.07, 6.45) is 0. The molecule has 7 aromatic rings. The molecule has 34 heavy (non-hydrogen) atoms. The van der Waals surface area contributed by atoms with E-state index in [-0.39, 0.29) is 0 Å². The number of hydrogen-bond donors (Lipinski definition) is 0. The van der Waals surface area contributed by atoms with Crippen LogP contribution in [-0.4, -0.2) is 4.57 Å². The molecule has 158 valence electrons. The predicted molar refractivity (Wildman–Crippen MR) is 138 cm³/mol. The van der Waals surface area contributed by atoms with Crippen LogP contribution in [0.5, 0.6) is 0 Å². The summed E-state index contributed by atoms with van der Waals surface area (Å²) in [5.41, 5.74) is 7.24. The number of rotatable bonds is 2. The van der Waals surface area contributed by atoms with E-state index in [9.17, 15) is 5.26 Å². The standard InChI is InChI=1S/C31H18N2O/c32-19-20-9-7-17-28(33-26-15-4-1-10-21(26)22-11-2-5-16-27(22)33)30(20)25-14-8-13-24-23-12-3-6-18-29(23)34-31(24)25/h1-18H. The van der Waals surface area contributed by atoms with Crippen molar-refractivity contribution < 1.29 is 4.42 Å². The Morgan fingerprint density at radius 3 is 1.94 bits per heavy atom. The van der Waals surface area contributed by atoms with Crippen LogP contribution in [0.3, 0.4) is 0 Å². The second-order valence-corrected chi connectivity index (χ2v) is 8.46. The summed E-state index contributed by atoms with van der Waals surface area (Å²) in [7, 11) is 0. The maximum atomic E-state index is 10.2. The zero-order valence-electron chi connectivity index (χ0n) is 18.2. The highest BCUT2D eigenvalue weighted by Gasteiger charge is 2.21. The summed E-state index contributed by atoms with van der Waals surface area (Å²) in [6.45, 7) is 0. The summed E-state index contributed by atoms with van der Waals surface area (Å²) in [5.74, 6) is 0. The molecule has 0 unspecified atom stereocenters. The Balaban J connectivity index is 1.65. The largest absolute Gasteiger partial charge is 0.455 e. The quantitative estimate of drug-likeness (QED) is 0.275. The van der Waals surface area contributed by atoms with E-state index in [4.69, 9.17) is 4.42 Å². The smallest absolute Gasteiger partial charge is 0.143 e. The molecule has 0 amide bonds. The molecule has 0 fully saturated rings. The number of fused-ring (bicyclic) bond motifs is 6. The maximum absolute atomic E-state index is 10.2. The van der Waals surface area contributed by atoms with E-state index in [1.165, 1.54) is 10.8 Å². The average Bonchev–Trinajstić information content (AvgIpc) is 3.44. The first-order chi connectivity index (χ1) is 16.8. The fourth-order valence-corrected chi connectivity index (χ4v) is 5.23. The van der Waals surface area contributed by atoms with E-state index in [2.05, 4.69) is 83.4 Å². The van der Waals surface area contributed by atoms with Crippen molar-refractivity contribution in [3.63, 3.8) is 0 Å². The molecule has 5 aromatic carbocycles. The molecule has 0 saturated carbocycles. The lowest BCUT2D eigenvalue weighted by Crippen LogP contribution is -1.99. The van der Waals surface area contributed by atoms with Gasteiger partial charge in [0.2, 0.25) is 0 Å². The normalized spacial score (nSPS) is 11.5. The molecule has 0 bridgehead atoms. The third kappa shape index (κ3) is 2.51. The van der Waals surface area contributed by atoms with Crippen molar-refractivity contribution in [2.24, 2.45) is 0 Å². The molecule has 2 heterocycles. The van der Waals surface area contributed by atoms with Crippen LogP contribution in [0.1, 0.15) is 5.56 Å². The summed E-state index contributed by atoms with van der Waals surface area (Å²) in [4.78, 5) is 0. The molecule has 0 aliphatic carbocycles. The average molecular weight is 434 g/mol. The van der Waals surface area contributed by atoms with Crippen molar-refractivity contribution in [1.29, 1.82) is 5.26 Å². The van der Waals surface area contributed by atoms with E-state index in [1.54, 1.807) is 0 Å². The third-order valence-electron chi connectivity index (χ3n) is 6.66. The van der Waals surface area contributed by atoms with E-state index in [1.807, 2.05) is 36.4 Å². The van der Waals surface area contributed by atoms with Crippen molar-refractivity contribution in [2.45, 2.75) is 0 Å². The monoisotopic (exact) mass is 434 g/mol. The van der Waals surface area contributed by atoms with Gasteiger partial charge in [-0.15, -0.1) is 0 Å². The third-order valence-corrected chi connectivity index (χ3v) is 6.66. The Morgan fingerprint density at radius 1 is 0.588 bits per heavy atom. The van der Waals surface area contributed by atoms with Crippen LogP contribution in [0.15, 0.2) is 114 Å². The predicted octanol–water partition coefficient (Wildman–Crippen LogP) is 8.22. The molecule has 0 radical (unpaired) electrons. The number of para-hydroxylation sites is 4. The Bertz CT molecular complexity index is 1880. The first-order valence-corrected chi connectivity index (χ1v) is 11.3. The van der Waals surface area contributed by atoms with Crippen molar-refractivity contribution in [3.8, 4) is 22.9 Å². The van der Waals surface area contributed by atoms with Gasteiger partial charge in [0.25, 0.3) is 0 Å². The summed E-state index contributed by atoms with van der Waals surface area (Å²) in [6, 6.07) is 39.5. The topological polar surface area (TPSA) is 41.9 Å². The molecule has 3 heteroatoms. The summed E-state index contributed by atoms with van der Waals surface area (Å²) < 4.78 is 8.63. The lowest BCUT2D eigenvalue weighted by molar-refractivity contribution is 0.670. The van der Waals surface area contributed by atoms with E-state index in [0.29, 0.717) is 5.56 Å². The first kappa shape index (κ1) is 18.7. The van der Waals surface area contributed by atoms with Gasteiger partial charge in [0.15, 0.2) is 0 Å². The Kier molecular flexibility index (Phi) is 3.91. The number of nitriles is 1. The molecule has 7 rings (SSSR count). The van der Waals surface area contributed by atoms with Crippen LogP contribution in [-0.2, 0) is 0 Å². The molecule has 0 aliphatic rings. The van der Waals surface area contributed by atoms with Gasteiger partial charge in [-0.05, 0) is 30.3 Å². The van der Waals surface area contributed by atoms with Crippen molar-refractivity contribution in [2.75, 3.05) is 0 Å². The molecule has 0 spiro atoms. The van der Waals surface area contributed by atoms with Gasteiger partial charge in [-0.2, -0.15) is 5.26 Å². The fraction of sp³-hybridized carbons (Fsp3) is 0. The van der Waals surface area contributed by atoms with Crippen LogP contribution in [0.4, 0.5) is 0 Å². The van der Waals surface area contributed by atoms with Gasteiger partial charge in [0.1, 0.15) is 11.2 Å². The van der Waals surface area contributed by atoms with E-state index in [0.717, 1.165) is 49.8 Å². The number of hydrogen-bond acceptors (Lipinski definition) is 2. The Morgan fingerprint density at radius 2 is 1.21 bits per heavy atom. The lowest BCUT2D eigenvalue weighted by Gasteiger charge is -2.15. The molecule has 3 nitrogen and oxygen atoms in total.